The minimum absolute atomic E-state index is 0.0731. The molecule has 0 spiro atoms. The molecule has 138 valence electrons. The molecular weight excluding hydrogens is 374 g/mol. The summed E-state index contributed by atoms with van der Waals surface area (Å²) in [5, 5.41) is 4.38. The van der Waals surface area contributed by atoms with Crippen molar-refractivity contribution in [1.82, 2.24) is 9.73 Å². The lowest BCUT2D eigenvalue weighted by molar-refractivity contribution is 0.0955. The molecule has 2 aromatic rings. The summed E-state index contributed by atoms with van der Waals surface area (Å²) < 4.78 is 26.4. The maximum Gasteiger partial charge on any atom is 0.271 e. The van der Waals surface area contributed by atoms with Gasteiger partial charge in [0, 0.05) is 29.2 Å². The van der Waals surface area contributed by atoms with Crippen LogP contribution in [0, 0.1) is 0 Å². The van der Waals surface area contributed by atoms with Crippen LogP contribution in [-0.2, 0) is 10.0 Å². The Morgan fingerprint density at radius 1 is 1.15 bits per heavy atom. The van der Waals surface area contributed by atoms with Crippen LogP contribution in [0.3, 0.4) is 0 Å². The number of sulfonamides is 1. The molecule has 0 saturated heterocycles. The van der Waals surface area contributed by atoms with Crippen LogP contribution < -0.4 is 5.43 Å². The number of nitrogens with zero attached hydrogens (tertiary/aromatic N) is 2. The van der Waals surface area contributed by atoms with Gasteiger partial charge >= 0.3 is 0 Å². The zero-order valence-electron chi connectivity index (χ0n) is 14.5. The Hall–Kier alpha value is -2.22. The van der Waals surface area contributed by atoms with Crippen molar-refractivity contribution < 1.29 is 13.2 Å². The first-order valence-electron chi connectivity index (χ1n) is 8.08. The van der Waals surface area contributed by atoms with Crippen LogP contribution >= 0.6 is 11.6 Å². The molecule has 6 nitrogen and oxygen atoms in total. The Morgan fingerprint density at radius 2 is 1.85 bits per heavy atom. The van der Waals surface area contributed by atoms with E-state index in [1.165, 1.54) is 34.8 Å². The van der Waals surface area contributed by atoms with Crippen LogP contribution in [-0.4, -0.2) is 37.9 Å². The van der Waals surface area contributed by atoms with Gasteiger partial charge < -0.3 is 0 Å². The largest absolute Gasteiger partial charge is 0.271 e. The number of carbonyl (C=O) groups is 1. The molecule has 8 heteroatoms. The fourth-order valence-corrected chi connectivity index (χ4v) is 4.00. The molecule has 0 bridgehead atoms. The lowest BCUT2D eigenvalue weighted by Crippen LogP contribution is -2.30. The smallest absolute Gasteiger partial charge is 0.267 e. The van der Waals surface area contributed by atoms with Crippen molar-refractivity contribution >= 4 is 33.7 Å². The van der Waals surface area contributed by atoms with Crippen molar-refractivity contribution in [3.63, 3.8) is 0 Å². The molecule has 1 amide bonds. The van der Waals surface area contributed by atoms with Crippen molar-refractivity contribution in [2.75, 3.05) is 13.1 Å². The van der Waals surface area contributed by atoms with E-state index in [4.69, 9.17) is 11.6 Å². The van der Waals surface area contributed by atoms with Crippen LogP contribution in [0.5, 0.6) is 0 Å². The van der Waals surface area contributed by atoms with Gasteiger partial charge in [-0.25, -0.2) is 13.8 Å². The van der Waals surface area contributed by atoms with Crippen molar-refractivity contribution in [2.45, 2.75) is 18.7 Å². The van der Waals surface area contributed by atoms with E-state index in [9.17, 15) is 13.2 Å². The summed E-state index contributed by atoms with van der Waals surface area (Å²) >= 11 is 6.01. The maximum absolute atomic E-state index is 12.6. The Kier molecular flexibility index (Phi) is 6.90. The highest BCUT2D eigenvalue weighted by Crippen LogP contribution is 2.17. The fourth-order valence-electron chi connectivity index (χ4n) is 2.32. The van der Waals surface area contributed by atoms with E-state index in [2.05, 4.69) is 10.5 Å². The average molecular weight is 394 g/mol. The van der Waals surface area contributed by atoms with E-state index in [0.717, 1.165) is 0 Å². The molecule has 0 fully saturated rings. The molecule has 2 aromatic carbocycles. The van der Waals surface area contributed by atoms with Gasteiger partial charge in [0.2, 0.25) is 10.0 Å². The average Bonchev–Trinajstić information content (AvgIpc) is 2.64. The van der Waals surface area contributed by atoms with Crippen molar-refractivity contribution in [2.24, 2.45) is 5.10 Å². The predicted molar refractivity (Wildman–Crippen MR) is 103 cm³/mol. The number of nitrogens with one attached hydrogen (secondary N) is 1. The Labute approximate surface area is 158 Å². The van der Waals surface area contributed by atoms with Crippen molar-refractivity contribution in [1.29, 1.82) is 0 Å². The summed E-state index contributed by atoms with van der Waals surface area (Å²) in [6.07, 6.45) is 1.43. The third kappa shape index (κ3) is 4.69. The van der Waals surface area contributed by atoms with Gasteiger partial charge in [0.15, 0.2) is 0 Å². The second-order valence-electron chi connectivity index (χ2n) is 5.34. The number of hydrogen-bond donors (Lipinski definition) is 1. The van der Waals surface area contributed by atoms with Crippen LogP contribution in [0.1, 0.15) is 29.8 Å². The van der Waals surface area contributed by atoms with E-state index in [0.29, 0.717) is 23.7 Å². The van der Waals surface area contributed by atoms with E-state index >= 15 is 0 Å². The third-order valence-corrected chi connectivity index (χ3v) is 6.10. The van der Waals surface area contributed by atoms with Crippen molar-refractivity contribution in [3.05, 3.63) is 64.7 Å². The fraction of sp³-hybridized carbons (Fsp3) is 0.222. The van der Waals surface area contributed by atoms with Crippen LogP contribution in [0.25, 0.3) is 0 Å². The van der Waals surface area contributed by atoms with Crippen LogP contribution in [0.4, 0.5) is 0 Å². The van der Waals surface area contributed by atoms with Crippen LogP contribution in [0.2, 0.25) is 5.02 Å². The SMILES string of the molecule is CCN(CC)S(=O)(=O)c1cccc(C(=O)N/N=C\c2ccccc2Cl)c1. The van der Waals surface area contributed by atoms with Crippen molar-refractivity contribution in [3.8, 4) is 0 Å². The molecule has 0 radical (unpaired) electrons. The molecule has 0 aliphatic rings. The van der Waals surface area contributed by atoms with Gasteiger partial charge in [-0.05, 0) is 24.3 Å². The predicted octanol–water partition coefficient (Wildman–Crippen LogP) is 3.13. The molecule has 26 heavy (non-hydrogen) atoms. The highest BCUT2D eigenvalue weighted by Gasteiger charge is 2.22. The summed E-state index contributed by atoms with van der Waals surface area (Å²) in [6.45, 7) is 4.25. The van der Waals surface area contributed by atoms with Gasteiger partial charge in [0.1, 0.15) is 0 Å². The Balaban J connectivity index is 2.17. The minimum atomic E-state index is -3.63. The van der Waals surface area contributed by atoms with Gasteiger partial charge in [-0.15, -0.1) is 0 Å². The molecule has 0 unspecified atom stereocenters. The summed E-state index contributed by atoms with van der Waals surface area (Å²) in [5.41, 5.74) is 3.24. The standard InChI is InChI=1S/C18H20ClN3O3S/c1-3-22(4-2)26(24,25)16-10-7-9-14(12-16)18(23)21-20-13-15-8-5-6-11-17(15)19/h5-13H,3-4H2,1-2H3,(H,21,23)/b20-13-. The maximum atomic E-state index is 12.6. The Bertz CT molecular complexity index is 909. The third-order valence-electron chi connectivity index (χ3n) is 3.71. The number of carbonyl (C=O) groups excluding carboxylic acids is 1. The monoisotopic (exact) mass is 393 g/mol. The van der Waals surface area contributed by atoms with Gasteiger partial charge in [0.25, 0.3) is 5.91 Å². The van der Waals surface area contributed by atoms with Gasteiger partial charge in [-0.1, -0.05) is 49.7 Å². The molecule has 0 aliphatic carbocycles. The zero-order valence-corrected chi connectivity index (χ0v) is 16.1. The molecule has 0 aliphatic heterocycles. The van der Waals surface area contributed by atoms with Gasteiger partial charge in [-0.2, -0.15) is 9.41 Å². The second-order valence-corrected chi connectivity index (χ2v) is 7.68. The Morgan fingerprint density at radius 3 is 2.50 bits per heavy atom. The number of hydrazone groups is 1. The van der Waals surface area contributed by atoms with E-state index in [-0.39, 0.29) is 10.5 Å². The zero-order chi connectivity index (χ0) is 19.2. The highest BCUT2D eigenvalue weighted by molar-refractivity contribution is 7.89. The topological polar surface area (TPSA) is 78.8 Å². The summed E-state index contributed by atoms with van der Waals surface area (Å²) in [6, 6.07) is 12.9. The molecule has 0 aromatic heterocycles. The summed E-state index contributed by atoms with van der Waals surface area (Å²) in [4.78, 5) is 12.3. The van der Waals surface area contributed by atoms with E-state index in [1.54, 1.807) is 38.1 Å². The first kappa shape index (κ1) is 20.1. The second kappa shape index (κ2) is 8.93. The van der Waals surface area contributed by atoms with Gasteiger partial charge in [0.05, 0.1) is 11.1 Å². The molecule has 0 atom stereocenters. The first-order valence-corrected chi connectivity index (χ1v) is 9.90. The molecule has 2 rings (SSSR count). The normalized spacial score (nSPS) is 11.8. The lowest BCUT2D eigenvalue weighted by Gasteiger charge is -2.18. The molecular formula is C18H20ClN3O3S. The molecule has 0 heterocycles. The van der Waals surface area contributed by atoms with Crippen LogP contribution in [0.15, 0.2) is 58.5 Å². The number of benzene rings is 2. The quantitative estimate of drug-likeness (QED) is 0.579. The van der Waals surface area contributed by atoms with Gasteiger partial charge in [-0.3, -0.25) is 4.79 Å². The van der Waals surface area contributed by atoms with E-state index < -0.39 is 15.9 Å². The number of hydrogen-bond acceptors (Lipinski definition) is 4. The first-order chi connectivity index (χ1) is 12.4. The summed E-state index contributed by atoms with van der Waals surface area (Å²) in [5.74, 6) is -0.509. The molecule has 0 saturated carbocycles. The van der Waals surface area contributed by atoms with E-state index in [1.807, 2.05) is 0 Å². The number of halogens is 1. The lowest BCUT2D eigenvalue weighted by atomic mass is 10.2. The number of amides is 1. The molecule has 1 N–H and O–H groups in total. The summed E-state index contributed by atoms with van der Waals surface area (Å²) in [7, 11) is -3.63. The minimum Gasteiger partial charge on any atom is -0.267 e. The number of rotatable bonds is 7. The highest BCUT2D eigenvalue weighted by atomic mass is 35.5.